The van der Waals surface area contributed by atoms with E-state index in [9.17, 15) is 0 Å². The van der Waals surface area contributed by atoms with Crippen LogP contribution in [0.2, 0.25) is 0 Å². The first-order chi connectivity index (χ1) is 10.1. The van der Waals surface area contributed by atoms with Gasteiger partial charge < -0.3 is 10.6 Å². The molecule has 0 aliphatic rings. The highest BCUT2D eigenvalue weighted by Crippen LogP contribution is 2.32. The molecule has 2 N–H and O–H groups in total. The van der Waals surface area contributed by atoms with Crippen LogP contribution in [0.1, 0.15) is 5.56 Å². The molecule has 0 atom stereocenters. The van der Waals surface area contributed by atoms with Crippen LogP contribution in [0.15, 0.2) is 48.5 Å². The van der Waals surface area contributed by atoms with Crippen molar-refractivity contribution in [2.45, 2.75) is 6.92 Å². The Hall–Kier alpha value is -2.55. The number of nitrogen functional groups attached to an aromatic ring is 1. The summed E-state index contributed by atoms with van der Waals surface area (Å²) in [6.45, 7) is 2.03. The van der Waals surface area contributed by atoms with Crippen LogP contribution in [-0.2, 0) is 0 Å². The number of nitrogens with zero attached hydrogens (tertiary/aromatic N) is 2. The largest absolute Gasteiger partial charge is 0.398 e. The van der Waals surface area contributed by atoms with Crippen molar-refractivity contribution in [3.05, 3.63) is 54.1 Å². The Morgan fingerprint density at radius 3 is 2.38 bits per heavy atom. The van der Waals surface area contributed by atoms with Crippen molar-refractivity contribution in [1.29, 1.82) is 0 Å². The first-order valence-corrected chi connectivity index (χ1v) is 7.00. The molecule has 0 fully saturated rings. The van der Waals surface area contributed by atoms with Gasteiger partial charge in [0.25, 0.3) is 0 Å². The Balaban J connectivity index is 2.27. The van der Waals surface area contributed by atoms with E-state index in [1.54, 1.807) is 0 Å². The van der Waals surface area contributed by atoms with Gasteiger partial charge in [-0.15, -0.1) is 0 Å². The van der Waals surface area contributed by atoms with Gasteiger partial charge in [-0.2, -0.15) is 0 Å². The SMILES string of the molecule is Cc1c(-c2ccccc2)nc2ccc(N(C)C)cc2c1N. The van der Waals surface area contributed by atoms with Gasteiger partial charge in [0.1, 0.15) is 0 Å². The van der Waals surface area contributed by atoms with Crippen LogP contribution >= 0.6 is 0 Å². The maximum absolute atomic E-state index is 6.37. The molecule has 0 spiro atoms. The van der Waals surface area contributed by atoms with Gasteiger partial charge >= 0.3 is 0 Å². The van der Waals surface area contributed by atoms with Gasteiger partial charge in [0.05, 0.1) is 11.2 Å². The molecule has 3 aromatic rings. The number of anilines is 2. The molecule has 3 heteroatoms. The minimum atomic E-state index is 0.808. The molecular formula is C18H19N3. The van der Waals surface area contributed by atoms with Crippen LogP contribution in [-0.4, -0.2) is 19.1 Å². The summed E-state index contributed by atoms with van der Waals surface area (Å²) in [5.41, 5.74) is 12.3. The predicted octanol–water partition coefficient (Wildman–Crippen LogP) is 3.86. The van der Waals surface area contributed by atoms with Gasteiger partial charge in [-0.3, -0.25) is 0 Å². The van der Waals surface area contributed by atoms with E-state index in [1.807, 2.05) is 45.3 Å². The summed E-state index contributed by atoms with van der Waals surface area (Å²) in [7, 11) is 4.05. The number of rotatable bonds is 2. The molecular weight excluding hydrogens is 258 g/mol. The van der Waals surface area contributed by atoms with E-state index in [1.165, 1.54) is 0 Å². The van der Waals surface area contributed by atoms with E-state index in [2.05, 4.69) is 29.2 Å². The summed E-state index contributed by atoms with van der Waals surface area (Å²) in [5.74, 6) is 0. The maximum Gasteiger partial charge on any atom is 0.0759 e. The van der Waals surface area contributed by atoms with E-state index in [0.29, 0.717) is 0 Å². The zero-order valence-corrected chi connectivity index (χ0v) is 12.6. The monoisotopic (exact) mass is 277 g/mol. The summed E-state index contributed by atoms with van der Waals surface area (Å²) in [5, 5.41) is 1.01. The fraction of sp³-hybridized carbons (Fsp3) is 0.167. The average molecular weight is 277 g/mol. The van der Waals surface area contributed by atoms with E-state index in [4.69, 9.17) is 10.7 Å². The molecule has 0 amide bonds. The average Bonchev–Trinajstić information content (AvgIpc) is 2.51. The lowest BCUT2D eigenvalue weighted by Crippen LogP contribution is -2.08. The Kier molecular flexibility index (Phi) is 3.26. The summed E-state index contributed by atoms with van der Waals surface area (Å²) in [6, 6.07) is 16.4. The van der Waals surface area contributed by atoms with Crippen LogP contribution < -0.4 is 10.6 Å². The second kappa shape index (κ2) is 5.09. The van der Waals surface area contributed by atoms with Crippen LogP contribution in [0.25, 0.3) is 22.2 Å². The lowest BCUT2D eigenvalue weighted by Gasteiger charge is -2.16. The Labute approximate surface area is 125 Å². The number of pyridine rings is 1. The van der Waals surface area contributed by atoms with E-state index < -0.39 is 0 Å². The summed E-state index contributed by atoms with van der Waals surface area (Å²) in [4.78, 5) is 6.88. The topological polar surface area (TPSA) is 42.2 Å². The van der Waals surface area contributed by atoms with Crippen molar-refractivity contribution in [1.82, 2.24) is 4.98 Å². The Bertz CT molecular complexity index is 792. The summed E-state index contributed by atoms with van der Waals surface area (Å²) >= 11 is 0. The van der Waals surface area contributed by atoms with E-state index in [-0.39, 0.29) is 0 Å². The third kappa shape index (κ3) is 2.31. The molecule has 0 bridgehead atoms. The molecule has 0 saturated heterocycles. The fourth-order valence-corrected chi connectivity index (χ4v) is 2.53. The number of hydrogen-bond acceptors (Lipinski definition) is 3. The third-order valence-corrected chi connectivity index (χ3v) is 3.83. The van der Waals surface area contributed by atoms with Gasteiger partial charge in [0.2, 0.25) is 0 Å². The van der Waals surface area contributed by atoms with Crippen molar-refractivity contribution in [2.24, 2.45) is 0 Å². The molecule has 0 aliphatic heterocycles. The van der Waals surface area contributed by atoms with Crippen LogP contribution in [0, 0.1) is 6.92 Å². The van der Waals surface area contributed by atoms with Gasteiger partial charge in [0, 0.05) is 36.4 Å². The van der Waals surface area contributed by atoms with Gasteiger partial charge in [-0.05, 0) is 30.7 Å². The molecule has 3 nitrogen and oxygen atoms in total. The number of nitrogens with two attached hydrogens (primary N) is 1. The van der Waals surface area contributed by atoms with Crippen LogP contribution in [0.3, 0.4) is 0 Å². The Morgan fingerprint density at radius 2 is 1.71 bits per heavy atom. The molecule has 2 aromatic carbocycles. The molecule has 0 saturated carbocycles. The molecule has 0 unspecified atom stereocenters. The highest BCUT2D eigenvalue weighted by atomic mass is 15.1. The smallest absolute Gasteiger partial charge is 0.0759 e. The first-order valence-electron chi connectivity index (χ1n) is 7.00. The van der Waals surface area contributed by atoms with Gasteiger partial charge in [-0.25, -0.2) is 4.98 Å². The second-order valence-corrected chi connectivity index (χ2v) is 5.46. The summed E-state index contributed by atoms with van der Waals surface area (Å²) < 4.78 is 0. The fourth-order valence-electron chi connectivity index (χ4n) is 2.53. The first kappa shape index (κ1) is 13.4. The normalized spacial score (nSPS) is 10.8. The summed E-state index contributed by atoms with van der Waals surface area (Å²) in [6.07, 6.45) is 0. The van der Waals surface area contributed by atoms with Crippen molar-refractivity contribution >= 4 is 22.3 Å². The molecule has 1 aromatic heterocycles. The van der Waals surface area contributed by atoms with Crippen LogP contribution in [0.4, 0.5) is 11.4 Å². The lowest BCUT2D eigenvalue weighted by atomic mass is 10.0. The number of aromatic nitrogens is 1. The van der Waals surface area contributed by atoms with Gasteiger partial charge in [0.15, 0.2) is 0 Å². The molecule has 21 heavy (non-hydrogen) atoms. The minimum Gasteiger partial charge on any atom is -0.398 e. The standard InChI is InChI=1S/C18H19N3/c1-12-17(19)15-11-14(21(2)3)9-10-16(15)20-18(12)13-7-5-4-6-8-13/h4-11H,1-3H3,(H2,19,20). The molecule has 1 heterocycles. The van der Waals surface area contributed by atoms with Gasteiger partial charge in [-0.1, -0.05) is 30.3 Å². The number of hydrogen-bond donors (Lipinski definition) is 1. The molecule has 0 radical (unpaired) electrons. The quantitative estimate of drug-likeness (QED) is 0.773. The Morgan fingerprint density at radius 1 is 1.00 bits per heavy atom. The maximum atomic E-state index is 6.37. The lowest BCUT2D eigenvalue weighted by molar-refractivity contribution is 1.13. The predicted molar refractivity (Wildman–Crippen MR) is 90.7 cm³/mol. The van der Waals surface area contributed by atoms with E-state index >= 15 is 0 Å². The molecule has 106 valence electrons. The van der Waals surface area contributed by atoms with Crippen molar-refractivity contribution in [2.75, 3.05) is 24.7 Å². The zero-order chi connectivity index (χ0) is 15.0. The highest BCUT2D eigenvalue weighted by Gasteiger charge is 2.11. The van der Waals surface area contributed by atoms with Crippen molar-refractivity contribution in [3.8, 4) is 11.3 Å². The highest BCUT2D eigenvalue weighted by molar-refractivity contribution is 5.97. The zero-order valence-electron chi connectivity index (χ0n) is 12.6. The number of fused-ring (bicyclic) bond motifs is 1. The van der Waals surface area contributed by atoms with Crippen molar-refractivity contribution < 1.29 is 0 Å². The number of benzene rings is 2. The third-order valence-electron chi connectivity index (χ3n) is 3.83. The molecule has 3 rings (SSSR count). The molecule has 0 aliphatic carbocycles. The van der Waals surface area contributed by atoms with Crippen molar-refractivity contribution in [3.63, 3.8) is 0 Å². The van der Waals surface area contributed by atoms with Crippen LogP contribution in [0.5, 0.6) is 0 Å². The minimum absolute atomic E-state index is 0.808. The second-order valence-electron chi connectivity index (χ2n) is 5.46. The van der Waals surface area contributed by atoms with E-state index in [0.717, 1.165) is 39.1 Å².